The molecule has 0 aliphatic rings. The summed E-state index contributed by atoms with van der Waals surface area (Å²) in [4.78, 5) is 24.9. The number of carbonyl (C=O) groups is 2. The van der Waals surface area contributed by atoms with E-state index in [0.717, 1.165) is 17.7 Å². The van der Waals surface area contributed by atoms with Gasteiger partial charge in [-0.2, -0.15) is 0 Å². The molecule has 6 heteroatoms. The second kappa shape index (κ2) is 10.2. The first-order valence-corrected chi connectivity index (χ1v) is 9.61. The maximum absolute atomic E-state index is 12.6. The Morgan fingerprint density at radius 2 is 1.72 bits per heavy atom. The Balaban J connectivity index is 1.52. The summed E-state index contributed by atoms with van der Waals surface area (Å²) in [6.07, 6.45) is 2.34. The fourth-order valence-electron chi connectivity index (χ4n) is 2.93. The highest BCUT2D eigenvalue weighted by molar-refractivity contribution is 6.04. The van der Waals surface area contributed by atoms with Crippen LogP contribution in [0.5, 0.6) is 0 Å². The Bertz CT molecular complexity index is 924. The van der Waals surface area contributed by atoms with Crippen LogP contribution in [0, 0.1) is 0 Å². The molecule has 0 spiro atoms. The quantitative estimate of drug-likeness (QED) is 0.521. The lowest BCUT2D eigenvalue weighted by Gasteiger charge is -2.14. The average molecular weight is 391 g/mol. The topological polar surface area (TPSA) is 83.4 Å². The molecule has 0 saturated carbocycles. The molecule has 0 bridgehead atoms. The normalized spacial score (nSPS) is 11.6. The van der Waals surface area contributed by atoms with Crippen LogP contribution in [0.25, 0.3) is 0 Å². The van der Waals surface area contributed by atoms with Crippen molar-refractivity contribution in [1.82, 2.24) is 10.6 Å². The lowest BCUT2D eigenvalue weighted by molar-refractivity contribution is -0.115. The van der Waals surface area contributed by atoms with Gasteiger partial charge in [-0.1, -0.05) is 42.5 Å². The van der Waals surface area contributed by atoms with E-state index in [9.17, 15) is 9.59 Å². The first-order valence-electron chi connectivity index (χ1n) is 9.61. The minimum atomic E-state index is -0.229. The molecule has 3 rings (SSSR count). The summed E-state index contributed by atoms with van der Waals surface area (Å²) < 4.78 is 5.32. The van der Waals surface area contributed by atoms with Gasteiger partial charge in [0.2, 0.25) is 5.91 Å². The van der Waals surface area contributed by atoms with Gasteiger partial charge < -0.3 is 15.1 Å². The molecule has 0 aliphatic heterocycles. The molecule has 0 radical (unpaired) electrons. The van der Waals surface area contributed by atoms with E-state index >= 15 is 0 Å². The van der Waals surface area contributed by atoms with Crippen LogP contribution in [-0.4, -0.2) is 24.9 Å². The number of anilines is 1. The average Bonchev–Trinajstić information content (AvgIpc) is 3.28. The van der Waals surface area contributed by atoms with E-state index < -0.39 is 0 Å². The minimum absolute atomic E-state index is 0.0905. The third kappa shape index (κ3) is 6.05. The lowest BCUT2D eigenvalue weighted by Crippen LogP contribution is -2.31. The second-order valence-electron chi connectivity index (χ2n) is 6.70. The van der Waals surface area contributed by atoms with Crippen LogP contribution >= 0.6 is 0 Å². The van der Waals surface area contributed by atoms with Crippen molar-refractivity contribution in [2.75, 3.05) is 18.4 Å². The third-order valence-corrected chi connectivity index (χ3v) is 4.53. The predicted molar refractivity (Wildman–Crippen MR) is 113 cm³/mol. The molecular formula is C23H25N3O3. The fraction of sp³-hybridized carbons (Fsp3) is 0.217. The van der Waals surface area contributed by atoms with Crippen LogP contribution in [0.3, 0.4) is 0 Å². The van der Waals surface area contributed by atoms with E-state index in [-0.39, 0.29) is 24.4 Å². The number of nitrogens with one attached hydrogen (secondary N) is 3. The maximum atomic E-state index is 12.6. The van der Waals surface area contributed by atoms with Crippen molar-refractivity contribution in [3.63, 3.8) is 0 Å². The van der Waals surface area contributed by atoms with Crippen molar-refractivity contribution in [3.8, 4) is 0 Å². The van der Waals surface area contributed by atoms with E-state index in [0.29, 0.717) is 17.8 Å². The molecule has 2 amide bonds. The summed E-state index contributed by atoms with van der Waals surface area (Å²) >= 11 is 0. The predicted octanol–water partition coefficient (Wildman–Crippen LogP) is 3.54. The third-order valence-electron chi connectivity index (χ3n) is 4.53. The van der Waals surface area contributed by atoms with Crippen LogP contribution in [0.4, 0.5) is 5.69 Å². The van der Waals surface area contributed by atoms with Crippen molar-refractivity contribution >= 4 is 17.5 Å². The zero-order valence-electron chi connectivity index (χ0n) is 16.4. The summed E-state index contributed by atoms with van der Waals surface area (Å²) in [5.74, 6) is 0.317. The number of rotatable bonds is 9. The molecule has 1 aromatic heterocycles. The zero-order valence-corrected chi connectivity index (χ0v) is 16.4. The van der Waals surface area contributed by atoms with Gasteiger partial charge in [0.05, 0.1) is 30.1 Å². The summed E-state index contributed by atoms with van der Waals surface area (Å²) in [5, 5.41) is 8.82. The number of carbonyl (C=O) groups excluding carboxylic acids is 2. The molecule has 2 aromatic carbocycles. The SMILES string of the molecule is C[C@H](NCC(=O)Nc1ccccc1C(=O)NCCc1ccccc1)c1ccco1. The standard InChI is InChI=1S/C23H25N3O3/c1-17(21-12-7-15-29-21)25-16-22(27)26-20-11-6-5-10-19(20)23(28)24-14-13-18-8-3-2-4-9-18/h2-12,15,17,25H,13-14,16H2,1H3,(H,24,28)(H,26,27)/t17-/m0/s1. The zero-order chi connectivity index (χ0) is 20.5. The molecule has 1 atom stereocenters. The number of benzene rings is 2. The minimum Gasteiger partial charge on any atom is -0.468 e. The largest absolute Gasteiger partial charge is 0.468 e. The van der Waals surface area contributed by atoms with Crippen LogP contribution in [0.15, 0.2) is 77.4 Å². The van der Waals surface area contributed by atoms with Gasteiger partial charge in [-0.3, -0.25) is 14.9 Å². The summed E-state index contributed by atoms with van der Waals surface area (Å²) in [5.41, 5.74) is 2.08. The van der Waals surface area contributed by atoms with Crippen LogP contribution in [0.1, 0.15) is 34.6 Å². The Labute approximate surface area is 170 Å². The fourth-order valence-corrected chi connectivity index (χ4v) is 2.93. The van der Waals surface area contributed by atoms with Crippen LogP contribution < -0.4 is 16.0 Å². The number of hydrogen-bond donors (Lipinski definition) is 3. The number of amides is 2. The van der Waals surface area contributed by atoms with Crippen molar-refractivity contribution in [3.05, 3.63) is 89.9 Å². The van der Waals surface area contributed by atoms with E-state index in [1.165, 1.54) is 0 Å². The Morgan fingerprint density at radius 3 is 2.48 bits per heavy atom. The smallest absolute Gasteiger partial charge is 0.253 e. The summed E-state index contributed by atoms with van der Waals surface area (Å²) in [6, 6.07) is 20.5. The highest BCUT2D eigenvalue weighted by atomic mass is 16.3. The number of para-hydroxylation sites is 1. The highest BCUT2D eigenvalue weighted by Crippen LogP contribution is 2.15. The van der Waals surface area contributed by atoms with Gasteiger partial charge in [-0.25, -0.2) is 0 Å². The Morgan fingerprint density at radius 1 is 0.966 bits per heavy atom. The van der Waals surface area contributed by atoms with Crippen molar-refractivity contribution in [2.24, 2.45) is 0 Å². The second-order valence-corrected chi connectivity index (χ2v) is 6.70. The van der Waals surface area contributed by atoms with E-state index in [2.05, 4.69) is 16.0 Å². The Kier molecular flexibility index (Phi) is 7.19. The monoisotopic (exact) mass is 391 g/mol. The number of furan rings is 1. The van der Waals surface area contributed by atoms with Crippen molar-refractivity contribution in [2.45, 2.75) is 19.4 Å². The first kappa shape index (κ1) is 20.4. The molecule has 150 valence electrons. The van der Waals surface area contributed by atoms with E-state index in [4.69, 9.17) is 4.42 Å². The maximum Gasteiger partial charge on any atom is 0.253 e. The van der Waals surface area contributed by atoms with Gasteiger partial charge in [-0.15, -0.1) is 0 Å². The van der Waals surface area contributed by atoms with E-state index in [1.807, 2.05) is 43.3 Å². The lowest BCUT2D eigenvalue weighted by atomic mass is 10.1. The van der Waals surface area contributed by atoms with Crippen molar-refractivity contribution in [1.29, 1.82) is 0 Å². The summed E-state index contributed by atoms with van der Waals surface area (Å²) in [7, 11) is 0. The molecule has 6 nitrogen and oxygen atoms in total. The molecule has 3 N–H and O–H groups in total. The molecule has 0 unspecified atom stereocenters. The molecular weight excluding hydrogens is 366 g/mol. The van der Waals surface area contributed by atoms with Crippen LogP contribution in [-0.2, 0) is 11.2 Å². The van der Waals surface area contributed by atoms with Gasteiger partial charge >= 0.3 is 0 Å². The van der Waals surface area contributed by atoms with Gasteiger partial charge in [-0.05, 0) is 43.2 Å². The summed E-state index contributed by atoms with van der Waals surface area (Å²) in [6.45, 7) is 2.54. The molecule has 0 aliphatic carbocycles. The van der Waals surface area contributed by atoms with Gasteiger partial charge in [0.1, 0.15) is 5.76 Å². The molecule has 1 heterocycles. The Hall–Kier alpha value is -3.38. The molecule has 0 saturated heterocycles. The van der Waals surface area contributed by atoms with Gasteiger partial charge in [0.15, 0.2) is 0 Å². The van der Waals surface area contributed by atoms with Crippen LogP contribution in [0.2, 0.25) is 0 Å². The molecule has 29 heavy (non-hydrogen) atoms. The number of hydrogen-bond acceptors (Lipinski definition) is 4. The molecule has 0 fully saturated rings. The van der Waals surface area contributed by atoms with Crippen molar-refractivity contribution < 1.29 is 14.0 Å². The van der Waals surface area contributed by atoms with Gasteiger partial charge in [0.25, 0.3) is 5.91 Å². The first-order chi connectivity index (χ1) is 14.1. The highest BCUT2D eigenvalue weighted by Gasteiger charge is 2.14. The molecule has 3 aromatic rings. The van der Waals surface area contributed by atoms with Gasteiger partial charge in [0, 0.05) is 6.54 Å². The van der Waals surface area contributed by atoms with E-state index in [1.54, 1.807) is 36.6 Å².